The number of carbonyl (C=O) groups is 2. The van der Waals surface area contributed by atoms with Crippen LogP contribution in [0.1, 0.15) is 23.0 Å². The van der Waals surface area contributed by atoms with Crippen LogP contribution in [-0.2, 0) is 11.3 Å². The predicted octanol–water partition coefficient (Wildman–Crippen LogP) is 3.94. The number of carbonyl (C=O) groups excluding carboxylic acids is 2. The molecule has 0 atom stereocenters. The number of nitrogen functional groups attached to an aromatic ring is 1. The van der Waals surface area contributed by atoms with E-state index in [2.05, 4.69) is 47.7 Å². The maximum atomic E-state index is 13.8. The van der Waals surface area contributed by atoms with E-state index in [0.29, 0.717) is 27.4 Å². The van der Waals surface area contributed by atoms with Crippen molar-refractivity contribution in [3.05, 3.63) is 101 Å². The summed E-state index contributed by atoms with van der Waals surface area (Å²) in [6.07, 6.45) is 1.25. The molecule has 0 fully saturated rings. The molecule has 232 valence electrons. The van der Waals surface area contributed by atoms with Crippen molar-refractivity contribution >= 4 is 34.5 Å². The van der Waals surface area contributed by atoms with E-state index < -0.39 is 17.6 Å². The van der Waals surface area contributed by atoms with Crippen molar-refractivity contribution in [3.63, 3.8) is 0 Å². The summed E-state index contributed by atoms with van der Waals surface area (Å²) in [5.74, 6) is -0.202. The van der Waals surface area contributed by atoms with E-state index in [1.165, 1.54) is 16.4 Å². The Bertz CT molecular complexity index is 2130. The maximum Gasteiger partial charge on any atom is 0.359 e. The van der Waals surface area contributed by atoms with E-state index in [1.54, 1.807) is 43.3 Å². The molecular formula is C32H30N10O4. The third-order valence-electron chi connectivity index (χ3n) is 7.10. The number of rotatable bonds is 8. The Hall–Kier alpha value is -6.15. The van der Waals surface area contributed by atoms with Crippen LogP contribution in [0.5, 0.6) is 0 Å². The number of esters is 1. The van der Waals surface area contributed by atoms with Gasteiger partial charge in [0, 0.05) is 17.8 Å². The number of amides is 1. The van der Waals surface area contributed by atoms with E-state index in [4.69, 9.17) is 10.5 Å². The zero-order chi connectivity index (χ0) is 32.4. The van der Waals surface area contributed by atoms with Gasteiger partial charge < -0.3 is 25.7 Å². The van der Waals surface area contributed by atoms with Crippen molar-refractivity contribution in [1.82, 2.24) is 39.6 Å². The largest absolute Gasteiger partial charge is 0.461 e. The highest BCUT2D eigenvalue weighted by Gasteiger charge is 2.25. The van der Waals surface area contributed by atoms with Gasteiger partial charge in [-0.05, 0) is 62.0 Å². The molecule has 4 N–H and O–H groups in total. The first-order valence-electron chi connectivity index (χ1n) is 14.3. The van der Waals surface area contributed by atoms with Crippen molar-refractivity contribution in [1.29, 1.82) is 0 Å². The summed E-state index contributed by atoms with van der Waals surface area (Å²) >= 11 is 0. The fourth-order valence-electron chi connectivity index (χ4n) is 5.09. The second-order valence-electron chi connectivity index (χ2n) is 10.6. The SMILES string of the molecule is CCOC(=O)c1nn(-c2cccc(-c3nnc(N)[nH]3)c2)c2c(=O)n(C(=O)Nc3ccc(-c4ccccc4CN(C)C)cc3)ncc12. The van der Waals surface area contributed by atoms with Crippen LogP contribution >= 0.6 is 0 Å². The number of anilines is 2. The average molecular weight is 619 g/mol. The number of aromatic amines is 1. The second kappa shape index (κ2) is 12.5. The molecule has 6 rings (SSSR count). The van der Waals surface area contributed by atoms with Crippen LogP contribution in [0.25, 0.3) is 39.1 Å². The first-order valence-corrected chi connectivity index (χ1v) is 14.3. The average Bonchev–Trinajstić information content (AvgIpc) is 3.66. The topological polar surface area (TPSA) is 179 Å². The molecule has 0 aliphatic carbocycles. The summed E-state index contributed by atoms with van der Waals surface area (Å²) in [5.41, 5.74) is 9.45. The minimum absolute atomic E-state index is 0.0460. The van der Waals surface area contributed by atoms with Gasteiger partial charge >= 0.3 is 17.6 Å². The van der Waals surface area contributed by atoms with Crippen LogP contribution in [0.4, 0.5) is 16.4 Å². The van der Waals surface area contributed by atoms with E-state index >= 15 is 0 Å². The molecule has 0 saturated carbocycles. The molecule has 0 spiro atoms. The summed E-state index contributed by atoms with van der Waals surface area (Å²) in [6, 6.07) is 21.5. The lowest BCUT2D eigenvalue weighted by molar-refractivity contribution is 0.0521. The quantitative estimate of drug-likeness (QED) is 0.212. The molecule has 1 amide bonds. The summed E-state index contributed by atoms with van der Waals surface area (Å²) in [7, 11) is 4.03. The monoisotopic (exact) mass is 618 g/mol. The van der Waals surface area contributed by atoms with Crippen molar-refractivity contribution in [2.75, 3.05) is 31.8 Å². The van der Waals surface area contributed by atoms with Crippen molar-refractivity contribution in [2.24, 2.45) is 0 Å². The lowest BCUT2D eigenvalue weighted by atomic mass is 9.99. The summed E-state index contributed by atoms with van der Waals surface area (Å²) in [6.45, 7) is 2.54. The molecule has 6 aromatic rings. The van der Waals surface area contributed by atoms with Crippen LogP contribution in [0, 0.1) is 0 Å². The minimum Gasteiger partial charge on any atom is -0.461 e. The fourth-order valence-corrected chi connectivity index (χ4v) is 5.09. The summed E-state index contributed by atoms with van der Waals surface area (Å²) in [5, 5.41) is 19.1. The molecule has 3 aromatic heterocycles. The molecule has 0 unspecified atom stereocenters. The van der Waals surface area contributed by atoms with Gasteiger partial charge in [0.2, 0.25) is 5.95 Å². The molecule has 0 aliphatic heterocycles. The lowest BCUT2D eigenvalue weighted by Gasteiger charge is -2.14. The third kappa shape index (κ3) is 5.84. The van der Waals surface area contributed by atoms with Crippen LogP contribution in [0.15, 0.2) is 83.8 Å². The van der Waals surface area contributed by atoms with Crippen LogP contribution in [0.3, 0.4) is 0 Å². The van der Waals surface area contributed by atoms with Gasteiger partial charge in [-0.3, -0.25) is 4.79 Å². The zero-order valence-electron chi connectivity index (χ0n) is 25.3. The van der Waals surface area contributed by atoms with Gasteiger partial charge in [0.1, 0.15) is 5.52 Å². The molecule has 0 radical (unpaired) electrons. The molecule has 0 bridgehead atoms. The van der Waals surface area contributed by atoms with Crippen molar-refractivity contribution in [2.45, 2.75) is 13.5 Å². The van der Waals surface area contributed by atoms with E-state index in [-0.39, 0.29) is 29.2 Å². The normalized spacial score (nSPS) is 11.2. The molecule has 14 heteroatoms. The van der Waals surface area contributed by atoms with E-state index in [9.17, 15) is 14.4 Å². The highest BCUT2D eigenvalue weighted by Crippen LogP contribution is 2.27. The highest BCUT2D eigenvalue weighted by atomic mass is 16.5. The first kappa shape index (κ1) is 29.9. The number of hydrogen-bond acceptors (Lipinski definition) is 10. The Morgan fingerprint density at radius 2 is 1.78 bits per heavy atom. The van der Waals surface area contributed by atoms with Crippen LogP contribution in [-0.4, -0.2) is 72.3 Å². The van der Waals surface area contributed by atoms with Gasteiger partial charge in [0.15, 0.2) is 11.5 Å². The van der Waals surface area contributed by atoms with Crippen LogP contribution in [0.2, 0.25) is 0 Å². The van der Waals surface area contributed by atoms with E-state index in [0.717, 1.165) is 17.7 Å². The van der Waals surface area contributed by atoms with Crippen LogP contribution < -0.4 is 16.6 Å². The maximum absolute atomic E-state index is 13.8. The third-order valence-corrected chi connectivity index (χ3v) is 7.10. The van der Waals surface area contributed by atoms with Gasteiger partial charge in [-0.15, -0.1) is 14.9 Å². The zero-order valence-corrected chi connectivity index (χ0v) is 25.3. The number of fused-ring (bicyclic) bond motifs is 1. The highest BCUT2D eigenvalue weighted by molar-refractivity contribution is 6.02. The molecule has 3 aromatic carbocycles. The van der Waals surface area contributed by atoms with Gasteiger partial charge in [-0.1, -0.05) is 48.5 Å². The van der Waals surface area contributed by atoms with Gasteiger partial charge in [0.25, 0.3) is 0 Å². The number of benzene rings is 3. The Morgan fingerprint density at radius 1 is 1.00 bits per heavy atom. The lowest BCUT2D eigenvalue weighted by Crippen LogP contribution is -2.33. The summed E-state index contributed by atoms with van der Waals surface area (Å²) < 4.78 is 7.14. The smallest absolute Gasteiger partial charge is 0.359 e. The minimum atomic E-state index is -0.790. The Kier molecular flexibility index (Phi) is 8.10. The number of nitrogens with zero attached hydrogens (tertiary/aromatic N) is 7. The van der Waals surface area contributed by atoms with Gasteiger partial charge in [-0.25, -0.2) is 14.3 Å². The Balaban J connectivity index is 1.36. The molecule has 3 heterocycles. The fraction of sp³-hybridized carbons (Fsp3) is 0.156. The number of H-pyrrole nitrogens is 1. The standard InChI is InChI=1S/C32H30N10O4/c1-4-46-30(44)26-25-17-34-42(29(43)27(25)41(39-26)23-10-7-9-20(16-23)28-36-31(33)38-37-28)32(45)35-22-14-12-19(13-15-22)24-11-6-5-8-21(24)18-40(2)3/h5-17H,4,18H2,1-3H3,(H,35,45)(H3,33,36,37,38). The van der Waals surface area contributed by atoms with E-state index in [1.807, 2.05) is 38.4 Å². The second-order valence-corrected chi connectivity index (χ2v) is 10.6. The molecular weight excluding hydrogens is 588 g/mol. The van der Waals surface area contributed by atoms with Gasteiger partial charge in [0.05, 0.1) is 23.9 Å². The Morgan fingerprint density at radius 3 is 2.50 bits per heavy atom. The Labute approximate surface area is 262 Å². The number of hydrogen-bond donors (Lipinski definition) is 3. The summed E-state index contributed by atoms with van der Waals surface area (Å²) in [4.78, 5) is 45.0. The number of nitrogens with two attached hydrogens (primary N) is 1. The number of ether oxygens (including phenoxy) is 1. The molecule has 14 nitrogen and oxygen atoms in total. The van der Waals surface area contributed by atoms with Gasteiger partial charge in [-0.2, -0.15) is 10.2 Å². The molecule has 0 saturated heterocycles. The number of aromatic nitrogens is 7. The van der Waals surface area contributed by atoms with Crippen molar-refractivity contribution < 1.29 is 14.3 Å². The first-order chi connectivity index (χ1) is 22.2. The predicted molar refractivity (Wildman–Crippen MR) is 173 cm³/mol. The van der Waals surface area contributed by atoms with Crippen molar-refractivity contribution in [3.8, 4) is 28.2 Å². The molecule has 46 heavy (non-hydrogen) atoms. The molecule has 0 aliphatic rings. The number of nitrogens with one attached hydrogen (secondary N) is 2.